The van der Waals surface area contributed by atoms with Crippen LogP contribution in [0.3, 0.4) is 0 Å². The van der Waals surface area contributed by atoms with Crippen LogP contribution in [0.4, 0.5) is 26.3 Å². The number of halogens is 6. The molecular formula is C27H27F6N4O3+. The quantitative estimate of drug-likeness (QED) is 0.418. The minimum Gasteiger partial charge on any atom is -0.456 e. The van der Waals surface area contributed by atoms with Crippen LogP contribution in [-0.2, 0) is 28.2 Å². The third-order valence-electron chi connectivity index (χ3n) is 6.99. The lowest BCUT2D eigenvalue weighted by Gasteiger charge is -2.36. The maximum absolute atomic E-state index is 14.2. The molecule has 1 fully saturated rings. The maximum atomic E-state index is 14.2. The van der Waals surface area contributed by atoms with Crippen molar-refractivity contribution >= 4 is 5.70 Å². The van der Waals surface area contributed by atoms with E-state index in [1.54, 1.807) is 36.4 Å². The van der Waals surface area contributed by atoms with E-state index in [0.29, 0.717) is 61.0 Å². The van der Waals surface area contributed by atoms with Crippen molar-refractivity contribution in [3.05, 3.63) is 93.2 Å². The number of alkyl halides is 6. The molecule has 3 aliphatic heterocycles. The van der Waals surface area contributed by atoms with E-state index in [-0.39, 0.29) is 29.8 Å². The average molecular weight is 570 g/mol. The SMILES string of the molecule is O=[N+]1/C(c2ccccc2)=C\C(N2CCOCC2)OC2=C(CNCN2)C1Cc1cc(C(F)(F)F)cc(C(F)(F)F)c1. The molecule has 0 bridgehead atoms. The summed E-state index contributed by atoms with van der Waals surface area (Å²) in [5.74, 6) is 0.271. The number of nitrogens with one attached hydrogen (secondary N) is 2. The van der Waals surface area contributed by atoms with Gasteiger partial charge in [0.05, 0.1) is 42.1 Å². The number of benzene rings is 2. The molecule has 0 aliphatic carbocycles. The third-order valence-corrected chi connectivity index (χ3v) is 6.99. The van der Waals surface area contributed by atoms with Crippen molar-refractivity contribution < 1.29 is 40.6 Å². The van der Waals surface area contributed by atoms with E-state index in [9.17, 15) is 31.2 Å². The predicted molar refractivity (Wildman–Crippen MR) is 132 cm³/mol. The molecule has 3 aliphatic rings. The van der Waals surface area contributed by atoms with Crippen LogP contribution >= 0.6 is 0 Å². The fraction of sp³-hybridized carbons (Fsp3) is 0.407. The Kier molecular flexibility index (Phi) is 7.89. The topological polar surface area (TPSA) is 65.8 Å². The Hall–Kier alpha value is -3.42. The molecule has 2 unspecified atom stereocenters. The molecule has 3 heterocycles. The van der Waals surface area contributed by atoms with Crippen LogP contribution < -0.4 is 10.6 Å². The number of nitroso groups, excluding NO2 is 1. The molecule has 40 heavy (non-hydrogen) atoms. The summed E-state index contributed by atoms with van der Waals surface area (Å²) in [6, 6.07) is 8.90. The van der Waals surface area contributed by atoms with Crippen LogP contribution in [0.15, 0.2) is 66.1 Å². The summed E-state index contributed by atoms with van der Waals surface area (Å²) in [6.45, 7) is 2.46. The number of ether oxygens (including phenoxy) is 2. The van der Waals surface area contributed by atoms with E-state index in [2.05, 4.69) is 10.6 Å². The Balaban J connectivity index is 1.61. The molecule has 2 aromatic rings. The van der Waals surface area contributed by atoms with Crippen LogP contribution in [0.5, 0.6) is 0 Å². The zero-order valence-electron chi connectivity index (χ0n) is 21.2. The Morgan fingerprint density at radius 3 is 2.23 bits per heavy atom. The van der Waals surface area contributed by atoms with E-state index in [4.69, 9.17) is 9.47 Å². The molecule has 2 aromatic carbocycles. The Morgan fingerprint density at radius 1 is 0.950 bits per heavy atom. The molecule has 214 valence electrons. The van der Waals surface area contributed by atoms with Crippen LogP contribution in [0.25, 0.3) is 5.70 Å². The van der Waals surface area contributed by atoms with Crippen molar-refractivity contribution in [3.63, 3.8) is 0 Å². The third kappa shape index (κ3) is 6.16. The van der Waals surface area contributed by atoms with Gasteiger partial charge < -0.3 is 14.8 Å². The summed E-state index contributed by atoms with van der Waals surface area (Å²) >= 11 is 0. The molecule has 0 amide bonds. The van der Waals surface area contributed by atoms with Crippen molar-refractivity contribution in [1.82, 2.24) is 15.5 Å². The number of rotatable bonds is 4. The molecule has 2 atom stereocenters. The molecule has 2 N–H and O–H groups in total. The monoisotopic (exact) mass is 569 g/mol. The first kappa shape index (κ1) is 28.1. The minimum absolute atomic E-state index is 0.0797. The summed E-state index contributed by atoms with van der Waals surface area (Å²) in [5.41, 5.74) is -2.02. The van der Waals surface area contributed by atoms with E-state index >= 15 is 0 Å². The first-order valence-electron chi connectivity index (χ1n) is 12.7. The van der Waals surface area contributed by atoms with Gasteiger partial charge in [0.15, 0.2) is 12.1 Å². The number of nitrogens with zero attached hydrogens (tertiary/aromatic N) is 2. The molecule has 0 radical (unpaired) electrons. The summed E-state index contributed by atoms with van der Waals surface area (Å²) < 4.78 is 93.9. The predicted octanol–water partition coefficient (Wildman–Crippen LogP) is 4.51. The van der Waals surface area contributed by atoms with E-state index in [1.165, 1.54) is 0 Å². The molecule has 5 rings (SSSR count). The molecular weight excluding hydrogens is 542 g/mol. The summed E-state index contributed by atoms with van der Waals surface area (Å²) in [5, 5.41) is 6.11. The summed E-state index contributed by atoms with van der Waals surface area (Å²) in [4.78, 5) is 16.2. The lowest BCUT2D eigenvalue weighted by atomic mass is 9.93. The van der Waals surface area contributed by atoms with Crippen LogP contribution in [0.1, 0.15) is 22.3 Å². The van der Waals surface area contributed by atoms with Gasteiger partial charge in [-0.3, -0.25) is 10.2 Å². The zero-order chi connectivity index (χ0) is 28.5. The van der Waals surface area contributed by atoms with E-state index < -0.39 is 42.2 Å². The van der Waals surface area contributed by atoms with Crippen molar-refractivity contribution in [2.45, 2.75) is 31.0 Å². The summed E-state index contributed by atoms with van der Waals surface area (Å²) in [7, 11) is 0. The van der Waals surface area contributed by atoms with Gasteiger partial charge in [-0.1, -0.05) is 18.2 Å². The highest BCUT2D eigenvalue weighted by molar-refractivity contribution is 5.59. The molecule has 13 heteroatoms. The molecule has 0 aromatic heterocycles. The maximum Gasteiger partial charge on any atom is 0.416 e. The van der Waals surface area contributed by atoms with Gasteiger partial charge in [0.2, 0.25) is 6.04 Å². The smallest absolute Gasteiger partial charge is 0.416 e. The van der Waals surface area contributed by atoms with Crippen molar-refractivity contribution in [3.8, 4) is 0 Å². The normalized spacial score (nSPS) is 24.2. The largest absolute Gasteiger partial charge is 0.456 e. The number of morpholine rings is 1. The Labute approximate surface area is 226 Å². The second-order valence-corrected chi connectivity index (χ2v) is 9.67. The highest BCUT2D eigenvalue weighted by Crippen LogP contribution is 2.37. The van der Waals surface area contributed by atoms with Crippen molar-refractivity contribution in [2.24, 2.45) is 0 Å². The highest BCUT2D eigenvalue weighted by atomic mass is 19.4. The minimum atomic E-state index is -5.00. The van der Waals surface area contributed by atoms with Gasteiger partial charge in [-0.2, -0.15) is 26.3 Å². The summed E-state index contributed by atoms with van der Waals surface area (Å²) in [6.07, 6.45) is -9.46. The molecule has 1 saturated heterocycles. The lowest BCUT2D eigenvalue weighted by molar-refractivity contribution is -0.489. The lowest BCUT2D eigenvalue weighted by Crippen LogP contribution is -2.49. The van der Waals surface area contributed by atoms with Gasteiger partial charge in [0.25, 0.3) is 5.70 Å². The average Bonchev–Trinajstić information content (AvgIpc) is 2.93. The first-order valence-corrected chi connectivity index (χ1v) is 12.7. The van der Waals surface area contributed by atoms with Gasteiger partial charge in [0, 0.05) is 41.8 Å². The second-order valence-electron chi connectivity index (χ2n) is 9.67. The fourth-order valence-corrected chi connectivity index (χ4v) is 5.00. The standard InChI is InChI=1S/C27H27F6N4O3/c28-26(29,30)19-10-17(11-20(13-19)27(31,32)33)12-23-21-15-34-16-35-25(21)40-24(36-6-8-39-9-7-36)14-22(37(23)38)18-4-2-1-3-5-18/h1-5,10-11,13-14,23-24,34-35H,6-9,12,15-16H2/q+1/b22-14-. The highest BCUT2D eigenvalue weighted by Gasteiger charge is 2.43. The van der Waals surface area contributed by atoms with Crippen LogP contribution in [-0.4, -0.2) is 61.4 Å². The van der Waals surface area contributed by atoms with Gasteiger partial charge >= 0.3 is 12.4 Å². The van der Waals surface area contributed by atoms with Gasteiger partial charge in [-0.05, 0) is 35.9 Å². The van der Waals surface area contributed by atoms with E-state index in [1.807, 2.05) is 4.90 Å². The van der Waals surface area contributed by atoms with E-state index in [0.717, 1.165) is 0 Å². The molecule has 7 nitrogen and oxygen atoms in total. The van der Waals surface area contributed by atoms with Crippen molar-refractivity contribution in [2.75, 3.05) is 39.5 Å². The van der Waals surface area contributed by atoms with Crippen LogP contribution in [0, 0.1) is 4.91 Å². The Morgan fingerprint density at radius 2 is 1.60 bits per heavy atom. The van der Waals surface area contributed by atoms with Gasteiger partial charge in [0.1, 0.15) is 0 Å². The fourth-order valence-electron chi connectivity index (χ4n) is 5.00. The second kappa shape index (κ2) is 11.2. The Bertz CT molecular complexity index is 1270. The number of hydrogen-bond donors (Lipinski definition) is 2. The van der Waals surface area contributed by atoms with Crippen LogP contribution in [0.2, 0.25) is 0 Å². The van der Waals surface area contributed by atoms with Gasteiger partial charge in [-0.25, -0.2) is 0 Å². The van der Waals surface area contributed by atoms with Gasteiger partial charge in [-0.15, -0.1) is 0 Å². The van der Waals surface area contributed by atoms with Crippen molar-refractivity contribution in [1.29, 1.82) is 0 Å². The molecule has 0 spiro atoms. The first-order chi connectivity index (χ1) is 19.0. The zero-order valence-corrected chi connectivity index (χ0v) is 21.2. The molecule has 0 saturated carbocycles. The number of hydrogen-bond acceptors (Lipinski definition) is 6.